The van der Waals surface area contributed by atoms with E-state index in [4.69, 9.17) is 0 Å². The van der Waals surface area contributed by atoms with Crippen molar-refractivity contribution in [2.75, 3.05) is 25.5 Å². The van der Waals surface area contributed by atoms with Crippen molar-refractivity contribution in [3.63, 3.8) is 0 Å². The molecular formula is C17H24N4. The molecular weight excluding hydrogens is 260 g/mol. The van der Waals surface area contributed by atoms with Gasteiger partial charge in [-0.3, -0.25) is 4.98 Å². The molecule has 0 aliphatic carbocycles. The van der Waals surface area contributed by atoms with Crippen LogP contribution in [0.3, 0.4) is 0 Å². The molecule has 1 heterocycles. The van der Waals surface area contributed by atoms with Crippen LogP contribution in [0.25, 0.3) is 0 Å². The molecule has 0 amide bonds. The largest absolute Gasteiger partial charge is 0.369 e. The number of rotatable bonds is 7. The van der Waals surface area contributed by atoms with Crippen LogP contribution >= 0.6 is 0 Å². The number of nitrogens with zero attached hydrogens (tertiary/aromatic N) is 3. The summed E-state index contributed by atoms with van der Waals surface area (Å²) in [6, 6.07) is 10.6. The summed E-state index contributed by atoms with van der Waals surface area (Å²) in [6.45, 7) is 6.91. The summed E-state index contributed by atoms with van der Waals surface area (Å²) in [5.41, 5.74) is 3.26. The van der Waals surface area contributed by atoms with Crippen LogP contribution < -0.4 is 5.32 Å². The lowest BCUT2D eigenvalue weighted by Crippen LogP contribution is -2.21. The first-order valence-electron chi connectivity index (χ1n) is 7.42. The van der Waals surface area contributed by atoms with E-state index in [0.29, 0.717) is 0 Å². The molecule has 4 heteroatoms. The minimum atomic E-state index is 0.903. The van der Waals surface area contributed by atoms with Gasteiger partial charge in [0.1, 0.15) is 5.82 Å². The van der Waals surface area contributed by atoms with Gasteiger partial charge in [-0.25, -0.2) is 4.98 Å². The molecule has 2 aromatic rings. The van der Waals surface area contributed by atoms with E-state index in [2.05, 4.69) is 57.6 Å². The lowest BCUT2D eigenvalue weighted by Gasteiger charge is -2.17. The SMILES string of the molecule is Cc1cnc(C)c(NCCCN(C)Cc2ccccc2)n1. The number of aryl methyl sites for hydroxylation is 2. The molecule has 1 N–H and O–H groups in total. The molecule has 0 aliphatic rings. The van der Waals surface area contributed by atoms with Crippen LogP contribution in [0.5, 0.6) is 0 Å². The first-order chi connectivity index (χ1) is 10.1. The number of anilines is 1. The van der Waals surface area contributed by atoms with Crippen molar-refractivity contribution in [3.8, 4) is 0 Å². The normalized spacial score (nSPS) is 10.9. The Morgan fingerprint density at radius 2 is 1.90 bits per heavy atom. The second kappa shape index (κ2) is 7.74. The summed E-state index contributed by atoms with van der Waals surface area (Å²) < 4.78 is 0. The zero-order valence-electron chi connectivity index (χ0n) is 13.1. The number of aromatic nitrogens is 2. The molecule has 0 atom stereocenters. The Balaban J connectivity index is 1.71. The second-order valence-corrected chi connectivity index (χ2v) is 5.45. The van der Waals surface area contributed by atoms with Crippen molar-refractivity contribution in [2.45, 2.75) is 26.8 Å². The number of hydrogen-bond donors (Lipinski definition) is 1. The van der Waals surface area contributed by atoms with E-state index < -0.39 is 0 Å². The highest BCUT2D eigenvalue weighted by Crippen LogP contribution is 2.08. The Kier molecular flexibility index (Phi) is 5.69. The monoisotopic (exact) mass is 284 g/mol. The molecule has 1 aromatic heterocycles. The molecule has 0 fully saturated rings. The molecule has 1 aromatic carbocycles. The molecule has 0 spiro atoms. The van der Waals surface area contributed by atoms with Gasteiger partial charge in [0.05, 0.1) is 11.4 Å². The molecule has 0 aliphatic heterocycles. The third-order valence-corrected chi connectivity index (χ3v) is 3.38. The molecule has 112 valence electrons. The van der Waals surface area contributed by atoms with Gasteiger partial charge in [-0.2, -0.15) is 0 Å². The molecule has 2 rings (SSSR count). The van der Waals surface area contributed by atoms with E-state index in [9.17, 15) is 0 Å². The molecule has 0 radical (unpaired) electrons. The van der Waals surface area contributed by atoms with E-state index in [1.54, 1.807) is 6.20 Å². The molecule has 21 heavy (non-hydrogen) atoms. The standard InChI is InChI=1S/C17H24N4/c1-14-12-19-15(2)17(20-14)18-10-7-11-21(3)13-16-8-5-4-6-9-16/h4-6,8-9,12H,7,10-11,13H2,1-3H3,(H,18,20). The van der Waals surface area contributed by atoms with Crippen LogP contribution in [0, 0.1) is 13.8 Å². The molecule has 0 unspecified atom stereocenters. The highest BCUT2D eigenvalue weighted by Gasteiger charge is 2.02. The molecule has 0 bridgehead atoms. The van der Waals surface area contributed by atoms with Gasteiger partial charge in [-0.05, 0) is 39.4 Å². The van der Waals surface area contributed by atoms with E-state index in [1.807, 2.05) is 13.8 Å². The van der Waals surface area contributed by atoms with Gasteiger partial charge in [0.15, 0.2) is 0 Å². The molecule has 0 saturated carbocycles. The zero-order valence-corrected chi connectivity index (χ0v) is 13.1. The van der Waals surface area contributed by atoms with Crippen LogP contribution in [0.2, 0.25) is 0 Å². The maximum absolute atomic E-state index is 4.47. The van der Waals surface area contributed by atoms with Crippen molar-refractivity contribution >= 4 is 5.82 Å². The number of hydrogen-bond acceptors (Lipinski definition) is 4. The quantitative estimate of drug-likeness (QED) is 0.794. The highest BCUT2D eigenvalue weighted by atomic mass is 15.1. The summed E-state index contributed by atoms with van der Waals surface area (Å²) in [7, 11) is 2.16. The van der Waals surface area contributed by atoms with E-state index in [-0.39, 0.29) is 0 Å². The fraction of sp³-hybridized carbons (Fsp3) is 0.412. The van der Waals surface area contributed by atoms with Crippen molar-refractivity contribution in [2.24, 2.45) is 0 Å². The third kappa shape index (κ3) is 5.16. The molecule has 0 saturated heterocycles. The second-order valence-electron chi connectivity index (χ2n) is 5.45. The smallest absolute Gasteiger partial charge is 0.147 e. The van der Waals surface area contributed by atoms with E-state index in [1.165, 1.54) is 5.56 Å². The minimum absolute atomic E-state index is 0.903. The zero-order chi connectivity index (χ0) is 15.1. The Labute approximate surface area is 127 Å². The average Bonchev–Trinajstić information content (AvgIpc) is 2.48. The predicted molar refractivity (Wildman–Crippen MR) is 87.4 cm³/mol. The third-order valence-electron chi connectivity index (χ3n) is 3.38. The summed E-state index contributed by atoms with van der Waals surface area (Å²) in [5, 5.41) is 3.37. The minimum Gasteiger partial charge on any atom is -0.369 e. The van der Waals surface area contributed by atoms with Crippen LogP contribution in [0.1, 0.15) is 23.4 Å². The van der Waals surface area contributed by atoms with Gasteiger partial charge in [-0.1, -0.05) is 30.3 Å². The van der Waals surface area contributed by atoms with Gasteiger partial charge < -0.3 is 10.2 Å². The van der Waals surface area contributed by atoms with Gasteiger partial charge >= 0.3 is 0 Å². The first-order valence-corrected chi connectivity index (χ1v) is 7.42. The summed E-state index contributed by atoms with van der Waals surface area (Å²) in [4.78, 5) is 11.1. The van der Waals surface area contributed by atoms with Crippen molar-refractivity contribution in [1.29, 1.82) is 0 Å². The summed E-state index contributed by atoms with van der Waals surface area (Å²) in [5.74, 6) is 0.903. The van der Waals surface area contributed by atoms with Crippen molar-refractivity contribution in [3.05, 3.63) is 53.5 Å². The maximum Gasteiger partial charge on any atom is 0.147 e. The number of nitrogens with one attached hydrogen (secondary N) is 1. The fourth-order valence-corrected chi connectivity index (χ4v) is 2.23. The number of benzene rings is 1. The Morgan fingerprint density at radius 1 is 1.14 bits per heavy atom. The molecule has 4 nitrogen and oxygen atoms in total. The predicted octanol–water partition coefficient (Wildman–Crippen LogP) is 3.03. The highest BCUT2D eigenvalue weighted by molar-refractivity contribution is 5.39. The summed E-state index contributed by atoms with van der Waals surface area (Å²) >= 11 is 0. The van der Waals surface area contributed by atoms with Gasteiger partial charge in [0.2, 0.25) is 0 Å². The van der Waals surface area contributed by atoms with Crippen LogP contribution in [-0.2, 0) is 6.54 Å². The van der Waals surface area contributed by atoms with Crippen LogP contribution in [0.4, 0.5) is 5.82 Å². The van der Waals surface area contributed by atoms with Crippen molar-refractivity contribution in [1.82, 2.24) is 14.9 Å². The van der Waals surface area contributed by atoms with E-state index in [0.717, 1.165) is 43.3 Å². The first kappa shape index (κ1) is 15.4. The topological polar surface area (TPSA) is 41.1 Å². The summed E-state index contributed by atoms with van der Waals surface area (Å²) in [6.07, 6.45) is 2.88. The Morgan fingerprint density at radius 3 is 2.67 bits per heavy atom. The van der Waals surface area contributed by atoms with Gasteiger partial charge in [0, 0.05) is 19.3 Å². The Bertz CT molecular complexity index is 554. The van der Waals surface area contributed by atoms with Crippen LogP contribution in [-0.4, -0.2) is 35.0 Å². The van der Waals surface area contributed by atoms with Gasteiger partial charge in [0.25, 0.3) is 0 Å². The van der Waals surface area contributed by atoms with Crippen LogP contribution in [0.15, 0.2) is 36.5 Å². The fourth-order valence-electron chi connectivity index (χ4n) is 2.23. The van der Waals surface area contributed by atoms with Crippen molar-refractivity contribution < 1.29 is 0 Å². The average molecular weight is 284 g/mol. The lowest BCUT2D eigenvalue weighted by molar-refractivity contribution is 0.325. The van der Waals surface area contributed by atoms with Gasteiger partial charge in [-0.15, -0.1) is 0 Å². The lowest BCUT2D eigenvalue weighted by atomic mass is 10.2. The maximum atomic E-state index is 4.47. The van der Waals surface area contributed by atoms with E-state index >= 15 is 0 Å². The Hall–Kier alpha value is -1.94.